The van der Waals surface area contributed by atoms with Gasteiger partial charge in [0.05, 0.1) is 23.9 Å². The number of ether oxygens (including phenoxy) is 2. The Morgan fingerprint density at radius 3 is 2.31 bits per heavy atom. The zero-order chi connectivity index (χ0) is 12.5. The minimum Gasteiger partial charge on any atom is -0.466 e. The molecule has 1 aliphatic heterocycles. The second kappa shape index (κ2) is 4.23. The van der Waals surface area contributed by atoms with E-state index in [4.69, 9.17) is 4.74 Å². The van der Waals surface area contributed by atoms with Crippen LogP contribution in [-0.4, -0.2) is 24.5 Å². The van der Waals surface area contributed by atoms with Crippen molar-refractivity contribution in [2.24, 2.45) is 17.3 Å². The van der Waals surface area contributed by atoms with Gasteiger partial charge in [-0.1, -0.05) is 6.92 Å². The molecule has 0 radical (unpaired) electrons. The van der Waals surface area contributed by atoms with Gasteiger partial charge in [0.1, 0.15) is 0 Å². The van der Waals surface area contributed by atoms with E-state index in [1.165, 1.54) is 0 Å². The highest BCUT2D eigenvalue weighted by molar-refractivity contribution is 5.99. The zero-order valence-corrected chi connectivity index (χ0v) is 9.90. The lowest BCUT2D eigenvalue weighted by Gasteiger charge is -2.27. The quantitative estimate of drug-likeness (QED) is 0.530. The number of esters is 3. The summed E-state index contributed by atoms with van der Waals surface area (Å²) in [4.78, 5) is 34.4. The number of rotatable bonds is 3. The second-order valence-corrected chi connectivity index (χ2v) is 4.45. The van der Waals surface area contributed by atoms with Gasteiger partial charge in [0.15, 0.2) is 0 Å². The van der Waals surface area contributed by atoms with Crippen molar-refractivity contribution in [1.82, 2.24) is 0 Å². The van der Waals surface area contributed by atoms with Gasteiger partial charge in [-0.2, -0.15) is 0 Å². The fourth-order valence-corrected chi connectivity index (χ4v) is 1.96. The van der Waals surface area contributed by atoms with Crippen molar-refractivity contribution in [2.45, 2.75) is 27.7 Å². The molecule has 0 N–H and O–H groups in total. The molecule has 2 unspecified atom stereocenters. The number of hydrogen-bond donors (Lipinski definition) is 0. The lowest BCUT2D eigenvalue weighted by Crippen LogP contribution is -2.40. The van der Waals surface area contributed by atoms with Crippen LogP contribution in [0.4, 0.5) is 0 Å². The van der Waals surface area contributed by atoms with Gasteiger partial charge in [-0.25, -0.2) is 0 Å². The third kappa shape index (κ3) is 1.94. The second-order valence-electron chi connectivity index (χ2n) is 4.45. The first-order valence-corrected chi connectivity index (χ1v) is 5.25. The maximum Gasteiger partial charge on any atom is 0.318 e. The van der Waals surface area contributed by atoms with Crippen molar-refractivity contribution in [3.63, 3.8) is 0 Å². The maximum atomic E-state index is 11.7. The van der Waals surface area contributed by atoms with Gasteiger partial charge in [0, 0.05) is 0 Å². The van der Waals surface area contributed by atoms with Crippen LogP contribution in [0.3, 0.4) is 0 Å². The van der Waals surface area contributed by atoms with E-state index < -0.39 is 35.2 Å². The molecule has 1 rings (SSSR count). The van der Waals surface area contributed by atoms with Crippen molar-refractivity contribution in [2.75, 3.05) is 6.61 Å². The first-order valence-electron chi connectivity index (χ1n) is 5.25. The van der Waals surface area contributed by atoms with Crippen LogP contribution in [0.15, 0.2) is 0 Å². The van der Waals surface area contributed by atoms with Crippen LogP contribution >= 0.6 is 0 Å². The highest BCUT2D eigenvalue weighted by Gasteiger charge is 2.53. The van der Waals surface area contributed by atoms with Gasteiger partial charge in [-0.15, -0.1) is 0 Å². The van der Waals surface area contributed by atoms with Crippen LogP contribution in [0.1, 0.15) is 27.7 Å². The molecule has 0 amide bonds. The molecule has 0 aromatic heterocycles. The fourth-order valence-electron chi connectivity index (χ4n) is 1.96. The van der Waals surface area contributed by atoms with E-state index in [9.17, 15) is 14.4 Å². The third-order valence-corrected chi connectivity index (χ3v) is 2.91. The minimum absolute atomic E-state index is 0.242. The molecule has 1 heterocycles. The Bertz CT molecular complexity index is 331. The van der Waals surface area contributed by atoms with Gasteiger partial charge >= 0.3 is 17.9 Å². The molecular weight excluding hydrogens is 212 g/mol. The summed E-state index contributed by atoms with van der Waals surface area (Å²) in [7, 11) is 0. The van der Waals surface area contributed by atoms with Crippen LogP contribution in [0, 0.1) is 17.3 Å². The average Bonchev–Trinajstić information content (AvgIpc) is 2.41. The van der Waals surface area contributed by atoms with Crippen LogP contribution in [0.25, 0.3) is 0 Å². The molecule has 0 bridgehead atoms. The SMILES string of the molecule is CCOC(=O)C(C)(C)C1C(=O)OC(=O)C1C. The Morgan fingerprint density at radius 2 is 1.94 bits per heavy atom. The summed E-state index contributed by atoms with van der Waals surface area (Å²) >= 11 is 0. The van der Waals surface area contributed by atoms with Gasteiger partial charge < -0.3 is 9.47 Å². The molecule has 0 aromatic carbocycles. The summed E-state index contributed by atoms with van der Waals surface area (Å²) < 4.78 is 9.41. The molecule has 0 aliphatic carbocycles. The van der Waals surface area contributed by atoms with Crippen LogP contribution in [0.2, 0.25) is 0 Å². The molecule has 2 atom stereocenters. The fraction of sp³-hybridized carbons (Fsp3) is 0.727. The molecular formula is C11H16O5. The Morgan fingerprint density at radius 1 is 1.38 bits per heavy atom. The van der Waals surface area contributed by atoms with Crippen molar-refractivity contribution < 1.29 is 23.9 Å². The van der Waals surface area contributed by atoms with Crippen molar-refractivity contribution in [3.05, 3.63) is 0 Å². The van der Waals surface area contributed by atoms with Gasteiger partial charge in [-0.3, -0.25) is 14.4 Å². The first kappa shape index (κ1) is 12.7. The smallest absolute Gasteiger partial charge is 0.318 e. The van der Waals surface area contributed by atoms with Crippen LogP contribution < -0.4 is 0 Å². The highest BCUT2D eigenvalue weighted by Crippen LogP contribution is 2.39. The zero-order valence-electron chi connectivity index (χ0n) is 9.90. The lowest BCUT2D eigenvalue weighted by atomic mass is 9.73. The molecule has 90 valence electrons. The Hall–Kier alpha value is -1.39. The largest absolute Gasteiger partial charge is 0.466 e. The van der Waals surface area contributed by atoms with E-state index >= 15 is 0 Å². The summed E-state index contributed by atoms with van der Waals surface area (Å²) in [5, 5.41) is 0. The molecule has 16 heavy (non-hydrogen) atoms. The van der Waals surface area contributed by atoms with E-state index in [2.05, 4.69) is 4.74 Å². The number of carbonyl (C=O) groups is 3. The topological polar surface area (TPSA) is 69.7 Å². The normalized spacial score (nSPS) is 25.5. The summed E-state index contributed by atoms with van der Waals surface area (Å²) in [6.45, 7) is 6.69. The monoisotopic (exact) mass is 228 g/mol. The first-order chi connectivity index (χ1) is 7.32. The third-order valence-electron chi connectivity index (χ3n) is 2.91. The van der Waals surface area contributed by atoms with E-state index in [0.29, 0.717) is 0 Å². The summed E-state index contributed by atoms with van der Waals surface area (Å²) in [6, 6.07) is 0. The van der Waals surface area contributed by atoms with Gasteiger partial charge in [0.2, 0.25) is 0 Å². The Balaban J connectivity index is 2.94. The van der Waals surface area contributed by atoms with E-state index in [-0.39, 0.29) is 6.61 Å². The number of carbonyl (C=O) groups excluding carboxylic acids is 3. The van der Waals surface area contributed by atoms with Crippen molar-refractivity contribution >= 4 is 17.9 Å². The minimum atomic E-state index is -1.04. The number of cyclic esters (lactones) is 2. The van der Waals surface area contributed by atoms with E-state index in [1.54, 1.807) is 27.7 Å². The molecule has 0 aromatic rings. The van der Waals surface area contributed by atoms with Gasteiger partial charge in [-0.05, 0) is 20.8 Å². The van der Waals surface area contributed by atoms with Crippen molar-refractivity contribution in [3.8, 4) is 0 Å². The van der Waals surface area contributed by atoms with Crippen LogP contribution in [0.5, 0.6) is 0 Å². The molecule has 1 aliphatic rings. The summed E-state index contributed by atoms with van der Waals surface area (Å²) in [5.41, 5.74) is -1.04. The highest BCUT2D eigenvalue weighted by atomic mass is 16.6. The molecule has 1 fully saturated rings. The lowest BCUT2D eigenvalue weighted by molar-refractivity contribution is -0.163. The summed E-state index contributed by atoms with van der Waals surface area (Å²) in [5.74, 6) is -3.08. The Kier molecular flexibility index (Phi) is 3.35. The Labute approximate surface area is 94.1 Å². The predicted molar refractivity (Wildman–Crippen MR) is 54.2 cm³/mol. The number of hydrogen-bond acceptors (Lipinski definition) is 5. The van der Waals surface area contributed by atoms with E-state index in [0.717, 1.165) is 0 Å². The van der Waals surface area contributed by atoms with Gasteiger partial charge in [0.25, 0.3) is 0 Å². The molecule has 0 saturated carbocycles. The predicted octanol–water partition coefficient (Wildman–Crippen LogP) is 0.911. The van der Waals surface area contributed by atoms with Crippen LogP contribution in [-0.2, 0) is 23.9 Å². The molecule has 1 saturated heterocycles. The maximum absolute atomic E-state index is 11.7. The molecule has 0 spiro atoms. The van der Waals surface area contributed by atoms with E-state index in [1.807, 2.05) is 0 Å². The van der Waals surface area contributed by atoms with Crippen molar-refractivity contribution in [1.29, 1.82) is 0 Å². The molecule has 5 heteroatoms. The molecule has 5 nitrogen and oxygen atoms in total. The average molecular weight is 228 g/mol. The summed E-state index contributed by atoms with van der Waals surface area (Å²) in [6.07, 6.45) is 0. The standard InChI is InChI=1S/C11H16O5/c1-5-15-10(14)11(3,4)7-6(2)8(12)16-9(7)13/h6-7H,5H2,1-4H3.